The van der Waals surface area contributed by atoms with Gasteiger partial charge in [0.25, 0.3) is 10.0 Å². The van der Waals surface area contributed by atoms with Crippen molar-refractivity contribution < 1.29 is 27.2 Å². The van der Waals surface area contributed by atoms with Crippen molar-refractivity contribution in [1.82, 2.24) is 4.47 Å². The molecule has 0 heterocycles. The number of hydrogen-bond donors (Lipinski definition) is 0. The van der Waals surface area contributed by atoms with Crippen molar-refractivity contribution in [3.8, 4) is 6.07 Å². The molecule has 2 aromatic rings. The van der Waals surface area contributed by atoms with Crippen molar-refractivity contribution in [2.45, 2.75) is 11.5 Å². The summed E-state index contributed by atoms with van der Waals surface area (Å²) >= 11 is 3.16. The summed E-state index contributed by atoms with van der Waals surface area (Å²) in [5.74, 6) is -1.49. The normalized spacial score (nSPS) is 11.3. The summed E-state index contributed by atoms with van der Waals surface area (Å²) in [5, 5.41) is 8.86. The molecule has 142 valence electrons. The van der Waals surface area contributed by atoms with E-state index in [0.717, 1.165) is 12.1 Å². The molecule has 0 fully saturated rings. The highest BCUT2D eigenvalue weighted by molar-refractivity contribution is 9.10. The Morgan fingerprint density at radius 3 is 2.63 bits per heavy atom. The fourth-order valence-corrected chi connectivity index (χ4v) is 3.45. The van der Waals surface area contributed by atoms with Crippen LogP contribution in [0.1, 0.15) is 21.5 Å². The van der Waals surface area contributed by atoms with Crippen LogP contribution in [0.15, 0.2) is 45.8 Å². The Bertz CT molecular complexity index is 1020. The lowest BCUT2D eigenvalue weighted by atomic mass is 10.1. The summed E-state index contributed by atoms with van der Waals surface area (Å²) in [6, 6.07) is 9.34. The molecule has 0 aliphatic carbocycles. The standard InChI is InChI=1S/C17H14BrFN2O5S/c1-21(25-2)27(23,24)13-4-5-15(18)14(8-13)17(22)26-10-12-7-11(9-20)3-6-16(12)19/h3-8H,10H2,1-2H3. The smallest absolute Gasteiger partial charge is 0.339 e. The molecular weight excluding hydrogens is 443 g/mol. The average Bonchev–Trinajstić information content (AvgIpc) is 2.66. The van der Waals surface area contributed by atoms with Gasteiger partial charge in [0.1, 0.15) is 12.4 Å². The van der Waals surface area contributed by atoms with Crippen molar-refractivity contribution in [3.63, 3.8) is 0 Å². The number of sulfonamides is 1. The molecule has 0 amide bonds. The highest BCUT2D eigenvalue weighted by Gasteiger charge is 2.24. The summed E-state index contributed by atoms with van der Waals surface area (Å²) in [6.07, 6.45) is 0. The summed E-state index contributed by atoms with van der Waals surface area (Å²) in [5.41, 5.74) is 0.193. The molecule has 2 aromatic carbocycles. The van der Waals surface area contributed by atoms with E-state index >= 15 is 0 Å². The van der Waals surface area contributed by atoms with Gasteiger partial charge in [0.05, 0.1) is 29.2 Å². The predicted octanol–water partition coefficient (Wildman–Crippen LogP) is 3.00. The van der Waals surface area contributed by atoms with Gasteiger partial charge in [-0.15, -0.1) is 0 Å². The van der Waals surface area contributed by atoms with E-state index in [4.69, 9.17) is 10.00 Å². The van der Waals surface area contributed by atoms with Gasteiger partial charge in [0.15, 0.2) is 0 Å². The average molecular weight is 457 g/mol. The Balaban J connectivity index is 2.27. The number of nitrogens with zero attached hydrogens (tertiary/aromatic N) is 2. The summed E-state index contributed by atoms with van der Waals surface area (Å²) in [4.78, 5) is 16.9. The fourth-order valence-electron chi connectivity index (χ4n) is 2.04. The Kier molecular flexibility index (Phi) is 6.67. The van der Waals surface area contributed by atoms with Gasteiger partial charge in [-0.05, 0) is 52.3 Å². The third-order valence-corrected chi connectivity index (χ3v) is 5.95. The molecule has 0 radical (unpaired) electrons. The molecular formula is C17H14BrFN2O5S. The van der Waals surface area contributed by atoms with Crippen molar-refractivity contribution in [3.05, 3.63) is 63.4 Å². The third kappa shape index (κ3) is 4.70. The Morgan fingerprint density at radius 2 is 2.00 bits per heavy atom. The van der Waals surface area contributed by atoms with Crippen molar-refractivity contribution in [1.29, 1.82) is 5.26 Å². The number of nitriles is 1. The van der Waals surface area contributed by atoms with Crippen molar-refractivity contribution >= 4 is 31.9 Å². The van der Waals surface area contributed by atoms with Crippen LogP contribution in [0.25, 0.3) is 0 Å². The number of carbonyl (C=O) groups is 1. The highest BCUT2D eigenvalue weighted by Crippen LogP contribution is 2.24. The molecule has 0 saturated carbocycles. The molecule has 0 bridgehead atoms. The first kappa shape index (κ1) is 21.0. The van der Waals surface area contributed by atoms with Gasteiger partial charge in [-0.1, -0.05) is 4.47 Å². The molecule has 0 saturated heterocycles. The zero-order valence-corrected chi connectivity index (χ0v) is 16.7. The van der Waals surface area contributed by atoms with Gasteiger partial charge in [0.2, 0.25) is 0 Å². The summed E-state index contributed by atoms with van der Waals surface area (Å²) in [6.45, 7) is -0.415. The van der Waals surface area contributed by atoms with Crippen LogP contribution in [0.4, 0.5) is 4.39 Å². The first-order valence-electron chi connectivity index (χ1n) is 7.39. The van der Waals surface area contributed by atoms with E-state index in [1.54, 1.807) is 0 Å². The lowest BCUT2D eigenvalue weighted by Gasteiger charge is -2.15. The quantitative estimate of drug-likeness (QED) is 0.489. The Labute approximate surface area is 164 Å². The summed E-state index contributed by atoms with van der Waals surface area (Å²) < 4.78 is 44.4. The molecule has 0 aliphatic rings. The third-order valence-electron chi connectivity index (χ3n) is 3.58. The second-order valence-electron chi connectivity index (χ2n) is 5.23. The topological polar surface area (TPSA) is 96.7 Å². The van der Waals surface area contributed by atoms with Gasteiger partial charge < -0.3 is 4.74 Å². The summed E-state index contributed by atoms with van der Waals surface area (Å²) in [7, 11) is -1.56. The van der Waals surface area contributed by atoms with Gasteiger partial charge in [0, 0.05) is 17.1 Å². The number of esters is 1. The van der Waals surface area contributed by atoms with Gasteiger partial charge in [-0.3, -0.25) is 4.84 Å². The largest absolute Gasteiger partial charge is 0.457 e. The van der Waals surface area contributed by atoms with Crippen LogP contribution >= 0.6 is 15.9 Å². The maximum absolute atomic E-state index is 13.8. The van der Waals surface area contributed by atoms with Gasteiger partial charge in [-0.25, -0.2) is 17.6 Å². The van der Waals surface area contributed by atoms with E-state index in [1.807, 2.05) is 6.07 Å². The molecule has 7 nitrogen and oxygen atoms in total. The number of rotatable bonds is 6. The lowest BCUT2D eigenvalue weighted by molar-refractivity contribution is -0.0258. The van der Waals surface area contributed by atoms with Crippen molar-refractivity contribution in [2.24, 2.45) is 0 Å². The number of hydrogen-bond acceptors (Lipinski definition) is 6. The van der Waals surface area contributed by atoms with E-state index < -0.39 is 28.4 Å². The van der Waals surface area contributed by atoms with Crippen LogP contribution in [0.5, 0.6) is 0 Å². The number of benzene rings is 2. The molecule has 0 aromatic heterocycles. The van der Waals surface area contributed by atoms with E-state index in [-0.39, 0.29) is 21.6 Å². The number of halogens is 2. The first-order chi connectivity index (χ1) is 12.7. The molecule has 10 heteroatoms. The lowest BCUT2D eigenvalue weighted by Crippen LogP contribution is -2.26. The predicted molar refractivity (Wildman–Crippen MR) is 96.3 cm³/mol. The number of hydroxylamine groups is 1. The SMILES string of the molecule is CON(C)S(=O)(=O)c1ccc(Br)c(C(=O)OCc2cc(C#N)ccc2F)c1. The highest BCUT2D eigenvalue weighted by atomic mass is 79.9. The van der Waals surface area contributed by atoms with Gasteiger partial charge >= 0.3 is 5.97 Å². The molecule has 0 spiro atoms. The maximum atomic E-state index is 13.8. The Hall–Kier alpha value is -2.32. The van der Waals surface area contributed by atoms with Crippen LogP contribution < -0.4 is 0 Å². The van der Waals surface area contributed by atoms with E-state index in [1.165, 1.54) is 38.4 Å². The molecule has 2 rings (SSSR count). The van der Waals surface area contributed by atoms with Gasteiger partial charge in [-0.2, -0.15) is 5.26 Å². The zero-order valence-electron chi connectivity index (χ0n) is 14.3. The van der Waals surface area contributed by atoms with E-state index in [2.05, 4.69) is 20.8 Å². The molecule has 0 unspecified atom stereocenters. The molecule has 0 N–H and O–H groups in total. The Morgan fingerprint density at radius 1 is 1.30 bits per heavy atom. The van der Waals surface area contributed by atoms with E-state index in [0.29, 0.717) is 8.94 Å². The minimum absolute atomic E-state index is 0.0291. The van der Waals surface area contributed by atoms with Crippen LogP contribution in [0.3, 0.4) is 0 Å². The first-order valence-corrected chi connectivity index (χ1v) is 9.62. The van der Waals surface area contributed by atoms with E-state index in [9.17, 15) is 17.6 Å². The molecule has 0 aliphatic heterocycles. The second-order valence-corrected chi connectivity index (χ2v) is 8.02. The molecule has 0 atom stereocenters. The molecule has 27 heavy (non-hydrogen) atoms. The minimum atomic E-state index is -3.96. The van der Waals surface area contributed by atoms with Crippen LogP contribution in [0.2, 0.25) is 0 Å². The van der Waals surface area contributed by atoms with Crippen molar-refractivity contribution in [2.75, 3.05) is 14.2 Å². The monoisotopic (exact) mass is 456 g/mol. The minimum Gasteiger partial charge on any atom is -0.457 e. The maximum Gasteiger partial charge on any atom is 0.339 e. The fraction of sp³-hybridized carbons (Fsp3) is 0.176. The second kappa shape index (κ2) is 8.58. The number of ether oxygens (including phenoxy) is 1. The van der Waals surface area contributed by atoms with Crippen LogP contribution in [-0.4, -0.2) is 33.0 Å². The van der Waals surface area contributed by atoms with Crippen LogP contribution in [-0.2, 0) is 26.2 Å². The number of carbonyl (C=O) groups excluding carboxylic acids is 1. The van der Waals surface area contributed by atoms with Crippen LogP contribution in [0, 0.1) is 17.1 Å². The zero-order chi connectivity index (χ0) is 20.2.